The van der Waals surface area contributed by atoms with Crippen LogP contribution in [0.4, 0.5) is 0 Å². The SMILES string of the molecule is CC1=C(C)C2(C(=N)O1)C(N)=NC(N1CCOCC1)=C2C#N. The number of allylic oxidation sites excluding steroid dienone is 1. The molecule has 0 saturated carbocycles. The fourth-order valence-electron chi connectivity index (χ4n) is 3.04. The molecule has 1 spiro atoms. The van der Waals surface area contributed by atoms with Crippen molar-refractivity contribution in [3.05, 3.63) is 22.7 Å². The second-order valence-electron chi connectivity index (χ2n) is 5.27. The minimum Gasteiger partial charge on any atom is -0.446 e. The molecule has 0 aromatic rings. The fourth-order valence-corrected chi connectivity index (χ4v) is 3.04. The number of amidine groups is 1. The van der Waals surface area contributed by atoms with Crippen molar-refractivity contribution in [1.82, 2.24) is 4.90 Å². The van der Waals surface area contributed by atoms with Gasteiger partial charge in [-0.2, -0.15) is 5.26 Å². The maximum atomic E-state index is 9.66. The Morgan fingerprint density at radius 3 is 2.57 bits per heavy atom. The highest BCUT2D eigenvalue weighted by atomic mass is 16.5. The van der Waals surface area contributed by atoms with Crippen LogP contribution in [0.2, 0.25) is 0 Å². The molecule has 3 rings (SSSR count). The van der Waals surface area contributed by atoms with Gasteiger partial charge in [-0.15, -0.1) is 0 Å². The molecule has 1 fully saturated rings. The first-order chi connectivity index (χ1) is 10.0. The predicted molar refractivity (Wildman–Crippen MR) is 76.3 cm³/mol. The third kappa shape index (κ3) is 1.63. The van der Waals surface area contributed by atoms with Crippen molar-refractivity contribution in [2.45, 2.75) is 13.8 Å². The van der Waals surface area contributed by atoms with Crippen molar-refractivity contribution in [2.75, 3.05) is 26.3 Å². The van der Waals surface area contributed by atoms with Gasteiger partial charge in [0.25, 0.3) is 0 Å². The Hall–Kier alpha value is -2.33. The van der Waals surface area contributed by atoms with Crippen LogP contribution in [0, 0.1) is 22.2 Å². The summed E-state index contributed by atoms with van der Waals surface area (Å²) < 4.78 is 10.8. The highest BCUT2D eigenvalue weighted by molar-refractivity contribution is 6.16. The average molecular weight is 287 g/mol. The Bertz CT molecular complexity index is 649. The summed E-state index contributed by atoms with van der Waals surface area (Å²) in [6, 6.07) is 2.20. The van der Waals surface area contributed by atoms with Crippen LogP contribution in [-0.4, -0.2) is 42.9 Å². The van der Waals surface area contributed by atoms with Crippen molar-refractivity contribution < 1.29 is 9.47 Å². The molecule has 1 atom stereocenters. The van der Waals surface area contributed by atoms with E-state index in [1.807, 2.05) is 11.8 Å². The van der Waals surface area contributed by atoms with Gasteiger partial charge >= 0.3 is 0 Å². The Morgan fingerprint density at radius 2 is 2.05 bits per heavy atom. The van der Waals surface area contributed by atoms with Crippen LogP contribution in [-0.2, 0) is 9.47 Å². The molecule has 7 heteroatoms. The summed E-state index contributed by atoms with van der Waals surface area (Å²) in [7, 11) is 0. The highest BCUT2D eigenvalue weighted by Crippen LogP contribution is 2.49. The topological polar surface area (TPSA) is 108 Å². The van der Waals surface area contributed by atoms with E-state index in [4.69, 9.17) is 20.6 Å². The second kappa shape index (κ2) is 4.60. The van der Waals surface area contributed by atoms with E-state index in [1.165, 1.54) is 0 Å². The Balaban J connectivity index is 2.15. The molecule has 3 aliphatic heterocycles. The van der Waals surface area contributed by atoms with Crippen LogP contribution in [0.1, 0.15) is 13.8 Å². The third-order valence-electron chi connectivity index (χ3n) is 4.32. The standard InChI is InChI=1S/C14H17N5O2/c1-8-9(2)21-13(17)14(8)10(7-15)11(18-12(14)16)19-3-5-20-6-4-19/h17H,3-6H2,1-2H3,(H2,16,18). The van der Waals surface area contributed by atoms with Gasteiger partial charge in [-0.25, -0.2) is 4.99 Å². The van der Waals surface area contributed by atoms with Gasteiger partial charge in [0.1, 0.15) is 23.5 Å². The lowest BCUT2D eigenvalue weighted by Crippen LogP contribution is -2.42. The number of hydrogen-bond acceptors (Lipinski definition) is 7. The third-order valence-corrected chi connectivity index (χ3v) is 4.32. The summed E-state index contributed by atoms with van der Waals surface area (Å²) >= 11 is 0. The smallest absolute Gasteiger partial charge is 0.210 e. The van der Waals surface area contributed by atoms with Crippen LogP contribution in [0.15, 0.2) is 27.7 Å². The first-order valence-electron chi connectivity index (χ1n) is 6.80. The largest absolute Gasteiger partial charge is 0.446 e. The summed E-state index contributed by atoms with van der Waals surface area (Å²) in [6.07, 6.45) is 0. The number of hydrogen-bond donors (Lipinski definition) is 2. The van der Waals surface area contributed by atoms with Crippen molar-refractivity contribution in [1.29, 1.82) is 10.7 Å². The average Bonchev–Trinajstić information content (AvgIpc) is 2.91. The fraction of sp³-hybridized carbons (Fsp3) is 0.500. The molecule has 0 radical (unpaired) electrons. The van der Waals surface area contributed by atoms with Crippen LogP contribution >= 0.6 is 0 Å². The number of nitriles is 1. The van der Waals surface area contributed by atoms with Crippen molar-refractivity contribution in [3.8, 4) is 6.07 Å². The molecule has 0 amide bonds. The summed E-state index contributed by atoms with van der Waals surface area (Å²) in [5, 5.41) is 17.8. The van der Waals surface area contributed by atoms with Crippen LogP contribution in [0.3, 0.4) is 0 Å². The van der Waals surface area contributed by atoms with Gasteiger partial charge in [-0.1, -0.05) is 0 Å². The van der Waals surface area contributed by atoms with E-state index in [0.29, 0.717) is 43.5 Å². The minimum absolute atomic E-state index is 0.0430. The Kier molecular flexibility index (Phi) is 2.99. The zero-order valence-electron chi connectivity index (χ0n) is 12.1. The summed E-state index contributed by atoms with van der Waals surface area (Å²) in [5.74, 6) is 1.34. The lowest BCUT2D eigenvalue weighted by Gasteiger charge is -2.29. The lowest BCUT2D eigenvalue weighted by molar-refractivity contribution is 0.0529. The molecule has 1 unspecified atom stereocenters. The van der Waals surface area contributed by atoms with E-state index in [0.717, 1.165) is 5.57 Å². The molecule has 0 aromatic carbocycles. The molecule has 3 heterocycles. The van der Waals surface area contributed by atoms with Crippen molar-refractivity contribution >= 4 is 11.7 Å². The molecule has 3 N–H and O–H groups in total. The zero-order valence-corrected chi connectivity index (χ0v) is 12.1. The molecule has 110 valence electrons. The van der Waals surface area contributed by atoms with E-state index in [1.54, 1.807) is 6.92 Å². The summed E-state index contributed by atoms with van der Waals surface area (Å²) in [5.41, 5.74) is 6.14. The quantitative estimate of drug-likeness (QED) is 0.738. The van der Waals surface area contributed by atoms with E-state index >= 15 is 0 Å². The van der Waals surface area contributed by atoms with Gasteiger partial charge in [-0.3, -0.25) is 5.41 Å². The molecule has 21 heavy (non-hydrogen) atoms. The van der Waals surface area contributed by atoms with Crippen molar-refractivity contribution in [3.63, 3.8) is 0 Å². The van der Waals surface area contributed by atoms with Crippen LogP contribution in [0.25, 0.3) is 0 Å². The molecule has 0 aromatic heterocycles. The molecule has 0 bridgehead atoms. The molecule has 0 aliphatic carbocycles. The number of nitrogens with one attached hydrogen (secondary N) is 1. The Labute approximate surface area is 122 Å². The summed E-state index contributed by atoms with van der Waals surface area (Å²) in [4.78, 5) is 6.39. The van der Waals surface area contributed by atoms with Gasteiger partial charge < -0.3 is 20.1 Å². The number of morpholine rings is 1. The number of nitrogens with two attached hydrogens (primary N) is 1. The summed E-state index contributed by atoms with van der Waals surface area (Å²) in [6.45, 7) is 6.10. The number of rotatable bonds is 1. The van der Waals surface area contributed by atoms with Gasteiger partial charge in [0, 0.05) is 13.1 Å². The van der Waals surface area contributed by atoms with Crippen molar-refractivity contribution in [2.24, 2.45) is 16.1 Å². The maximum Gasteiger partial charge on any atom is 0.210 e. The van der Waals surface area contributed by atoms with Gasteiger partial charge in [0.2, 0.25) is 5.90 Å². The van der Waals surface area contributed by atoms with Gasteiger partial charge in [-0.05, 0) is 19.4 Å². The first kappa shape index (κ1) is 13.6. The van der Waals surface area contributed by atoms with Crippen LogP contribution < -0.4 is 5.73 Å². The maximum absolute atomic E-state index is 9.66. The van der Waals surface area contributed by atoms with Gasteiger partial charge in [0.15, 0.2) is 5.41 Å². The monoisotopic (exact) mass is 287 g/mol. The molecule has 3 aliphatic rings. The lowest BCUT2D eigenvalue weighted by atomic mass is 9.75. The predicted octanol–water partition coefficient (Wildman–Crippen LogP) is 0.712. The highest BCUT2D eigenvalue weighted by Gasteiger charge is 2.56. The molecular weight excluding hydrogens is 270 g/mol. The minimum atomic E-state index is -1.12. The Morgan fingerprint density at radius 1 is 1.38 bits per heavy atom. The number of nitrogens with zero attached hydrogens (tertiary/aromatic N) is 3. The van der Waals surface area contributed by atoms with E-state index in [9.17, 15) is 5.26 Å². The second-order valence-corrected chi connectivity index (χ2v) is 5.27. The number of aliphatic imine (C=N–C) groups is 1. The molecular formula is C14H17N5O2. The molecule has 7 nitrogen and oxygen atoms in total. The normalized spacial score (nSPS) is 29.1. The van der Waals surface area contributed by atoms with Gasteiger partial charge in [0.05, 0.1) is 18.8 Å². The van der Waals surface area contributed by atoms with E-state index in [2.05, 4.69) is 11.1 Å². The number of ether oxygens (including phenoxy) is 2. The first-order valence-corrected chi connectivity index (χ1v) is 6.80. The van der Waals surface area contributed by atoms with E-state index < -0.39 is 5.41 Å². The van der Waals surface area contributed by atoms with E-state index in [-0.39, 0.29) is 11.7 Å². The van der Waals surface area contributed by atoms with Crippen LogP contribution in [0.5, 0.6) is 0 Å². The zero-order chi connectivity index (χ0) is 15.2. The molecule has 1 saturated heterocycles.